The second kappa shape index (κ2) is 6.61. The summed E-state index contributed by atoms with van der Waals surface area (Å²) in [6.45, 7) is 1.87. The van der Waals surface area contributed by atoms with Crippen molar-refractivity contribution >= 4 is 17.5 Å². The van der Waals surface area contributed by atoms with Crippen LogP contribution in [0.5, 0.6) is 5.75 Å². The van der Waals surface area contributed by atoms with Gasteiger partial charge in [0.25, 0.3) is 5.91 Å². The van der Waals surface area contributed by atoms with E-state index in [4.69, 9.17) is 11.6 Å². The van der Waals surface area contributed by atoms with Crippen molar-refractivity contribution < 1.29 is 15.0 Å². The molecule has 1 amide bonds. The molecule has 1 atom stereocenters. The molecule has 110 valence electrons. The Morgan fingerprint density at radius 1 is 1.24 bits per heavy atom. The minimum atomic E-state index is -0.815. The summed E-state index contributed by atoms with van der Waals surface area (Å²) in [6, 6.07) is 11.4. The smallest absolute Gasteiger partial charge is 0.251 e. The standard InChI is InChI=1S/C16H16ClNO3/c1-10-6-12(8-14(19)7-10)16(21)18-9-15(20)11-2-4-13(17)5-3-11/h2-8,15,19-20H,9H2,1H3,(H,18,21). The molecular formula is C16H16ClNO3. The van der Waals surface area contributed by atoms with Gasteiger partial charge in [-0.05, 0) is 48.4 Å². The van der Waals surface area contributed by atoms with Crippen LogP contribution in [-0.4, -0.2) is 22.7 Å². The Hall–Kier alpha value is -2.04. The van der Waals surface area contributed by atoms with Crippen LogP contribution in [0, 0.1) is 6.92 Å². The van der Waals surface area contributed by atoms with Gasteiger partial charge in [0.2, 0.25) is 0 Å². The average Bonchev–Trinajstić information content (AvgIpc) is 2.44. The summed E-state index contributed by atoms with van der Waals surface area (Å²) >= 11 is 5.78. The highest BCUT2D eigenvalue weighted by molar-refractivity contribution is 6.30. The van der Waals surface area contributed by atoms with Crippen molar-refractivity contribution in [3.05, 3.63) is 64.2 Å². The number of phenols is 1. The van der Waals surface area contributed by atoms with Crippen LogP contribution in [0.2, 0.25) is 5.02 Å². The first-order valence-corrected chi connectivity index (χ1v) is 6.86. The predicted molar refractivity (Wildman–Crippen MR) is 81.6 cm³/mol. The third-order valence-electron chi connectivity index (χ3n) is 3.04. The molecule has 1 unspecified atom stereocenters. The van der Waals surface area contributed by atoms with Crippen LogP contribution in [0.4, 0.5) is 0 Å². The number of nitrogens with one attached hydrogen (secondary N) is 1. The highest BCUT2D eigenvalue weighted by Crippen LogP contribution is 2.17. The lowest BCUT2D eigenvalue weighted by Crippen LogP contribution is -2.28. The van der Waals surface area contributed by atoms with Gasteiger partial charge in [-0.15, -0.1) is 0 Å². The van der Waals surface area contributed by atoms with Gasteiger partial charge in [0.15, 0.2) is 0 Å². The fraction of sp³-hybridized carbons (Fsp3) is 0.188. The van der Waals surface area contributed by atoms with Crippen LogP contribution in [0.15, 0.2) is 42.5 Å². The van der Waals surface area contributed by atoms with E-state index >= 15 is 0 Å². The molecule has 0 aliphatic rings. The lowest BCUT2D eigenvalue weighted by Gasteiger charge is -2.13. The van der Waals surface area contributed by atoms with Crippen LogP contribution >= 0.6 is 11.6 Å². The number of rotatable bonds is 4. The Kier molecular flexibility index (Phi) is 4.83. The third-order valence-corrected chi connectivity index (χ3v) is 3.29. The third kappa shape index (κ3) is 4.21. The Morgan fingerprint density at radius 2 is 1.90 bits per heavy atom. The van der Waals surface area contributed by atoms with Crippen molar-refractivity contribution in [1.82, 2.24) is 5.32 Å². The van der Waals surface area contributed by atoms with Crippen molar-refractivity contribution in [3.63, 3.8) is 0 Å². The minimum Gasteiger partial charge on any atom is -0.508 e. The number of aliphatic hydroxyl groups excluding tert-OH is 1. The Morgan fingerprint density at radius 3 is 2.52 bits per heavy atom. The first-order valence-electron chi connectivity index (χ1n) is 6.48. The number of aliphatic hydroxyl groups is 1. The molecule has 0 spiro atoms. The van der Waals surface area contributed by atoms with Gasteiger partial charge in [-0.2, -0.15) is 0 Å². The van der Waals surface area contributed by atoms with Gasteiger partial charge < -0.3 is 15.5 Å². The van der Waals surface area contributed by atoms with E-state index in [1.54, 1.807) is 43.3 Å². The van der Waals surface area contributed by atoms with Gasteiger partial charge in [0.1, 0.15) is 5.75 Å². The number of carbonyl (C=O) groups excluding carboxylic acids is 1. The molecule has 0 saturated carbocycles. The summed E-state index contributed by atoms with van der Waals surface area (Å²) in [5.41, 5.74) is 1.82. The van der Waals surface area contributed by atoms with E-state index in [1.165, 1.54) is 6.07 Å². The molecule has 3 N–H and O–H groups in total. The monoisotopic (exact) mass is 305 g/mol. The first kappa shape index (κ1) is 15.4. The van der Waals surface area contributed by atoms with Gasteiger partial charge >= 0.3 is 0 Å². The number of benzene rings is 2. The zero-order valence-electron chi connectivity index (χ0n) is 11.5. The summed E-state index contributed by atoms with van der Waals surface area (Å²) in [4.78, 5) is 12.0. The molecule has 21 heavy (non-hydrogen) atoms. The fourth-order valence-electron chi connectivity index (χ4n) is 1.99. The van der Waals surface area contributed by atoms with Crippen molar-refractivity contribution in [2.45, 2.75) is 13.0 Å². The second-order valence-electron chi connectivity index (χ2n) is 4.83. The molecular weight excluding hydrogens is 290 g/mol. The number of aromatic hydroxyl groups is 1. The number of hydrogen-bond donors (Lipinski definition) is 3. The van der Waals surface area contributed by atoms with E-state index in [9.17, 15) is 15.0 Å². The van der Waals surface area contributed by atoms with Gasteiger partial charge in [0.05, 0.1) is 6.10 Å². The molecule has 4 nitrogen and oxygen atoms in total. The maximum absolute atomic E-state index is 12.0. The van der Waals surface area contributed by atoms with Crippen molar-refractivity contribution in [1.29, 1.82) is 0 Å². The summed E-state index contributed by atoms with van der Waals surface area (Å²) in [6.07, 6.45) is -0.815. The minimum absolute atomic E-state index is 0.0402. The van der Waals surface area contributed by atoms with Crippen molar-refractivity contribution in [3.8, 4) is 5.75 Å². The molecule has 0 radical (unpaired) electrons. The molecule has 2 aromatic carbocycles. The Balaban J connectivity index is 1.98. The van der Waals surface area contributed by atoms with Crippen LogP contribution in [0.25, 0.3) is 0 Å². The summed E-state index contributed by atoms with van der Waals surface area (Å²) in [5.74, 6) is -0.305. The van der Waals surface area contributed by atoms with Gasteiger partial charge in [-0.3, -0.25) is 4.79 Å². The lowest BCUT2D eigenvalue weighted by atomic mass is 10.1. The van der Waals surface area contributed by atoms with Gasteiger partial charge in [-0.25, -0.2) is 0 Å². The van der Waals surface area contributed by atoms with E-state index in [-0.39, 0.29) is 18.2 Å². The van der Waals surface area contributed by atoms with Gasteiger partial charge in [0, 0.05) is 17.1 Å². The van der Waals surface area contributed by atoms with E-state index in [0.717, 1.165) is 5.56 Å². The first-order chi connectivity index (χ1) is 9.95. The topological polar surface area (TPSA) is 69.6 Å². The van der Waals surface area contributed by atoms with Gasteiger partial charge in [-0.1, -0.05) is 23.7 Å². The molecule has 2 rings (SSSR count). The molecule has 0 aliphatic carbocycles. The second-order valence-corrected chi connectivity index (χ2v) is 5.27. The molecule has 0 aliphatic heterocycles. The quantitative estimate of drug-likeness (QED) is 0.813. The van der Waals surface area contributed by atoms with Crippen LogP contribution < -0.4 is 5.32 Å². The average molecular weight is 306 g/mol. The van der Waals surface area contributed by atoms with E-state index in [0.29, 0.717) is 16.1 Å². The van der Waals surface area contributed by atoms with Crippen LogP contribution in [0.1, 0.15) is 27.6 Å². The molecule has 0 bridgehead atoms. The number of phenolic OH excluding ortho intramolecular Hbond substituents is 1. The van der Waals surface area contributed by atoms with Crippen LogP contribution in [0.3, 0.4) is 0 Å². The maximum atomic E-state index is 12.0. The maximum Gasteiger partial charge on any atom is 0.251 e. The molecule has 0 fully saturated rings. The van der Waals surface area contributed by atoms with E-state index < -0.39 is 6.10 Å². The zero-order valence-corrected chi connectivity index (χ0v) is 12.3. The highest BCUT2D eigenvalue weighted by Gasteiger charge is 2.11. The molecule has 5 heteroatoms. The molecule has 0 aromatic heterocycles. The van der Waals surface area contributed by atoms with Crippen LogP contribution in [-0.2, 0) is 0 Å². The number of carbonyl (C=O) groups is 1. The zero-order chi connectivity index (χ0) is 15.4. The molecule has 0 saturated heterocycles. The number of amides is 1. The summed E-state index contributed by atoms with van der Waals surface area (Å²) in [7, 11) is 0. The SMILES string of the molecule is Cc1cc(O)cc(C(=O)NCC(O)c2ccc(Cl)cc2)c1. The molecule has 2 aromatic rings. The highest BCUT2D eigenvalue weighted by atomic mass is 35.5. The lowest BCUT2D eigenvalue weighted by molar-refractivity contribution is 0.0916. The largest absolute Gasteiger partial charge is 0.508 e. The number of halogens is 1. The number of aryl methyl sites for hydroxylation is 1. The van der Waals surface area contributed by atoms with E-state index in [2.05, 4.69) is 5.32 Å². The van der Waals surface area contributed by atoms with Crippen molar-refractivity contribution in [2.75, 3.05) is 6.54 Å². The van der Waals surface area contributed by atoms with Crippen molar-refractivity contribution in [2.24, 2.45) is 0 Å². The predicted octanol–water partition coefficient (Wildman–Crippen LogP) is 2.82. The fourth-order valence-corrected chi connectivity index (χ4v) is 2.11. The normalized spacial score (nSPS) is 12.0. The number of hydrogen-bond acceptors (Lipinski definition) is 3. The van der Waals surface area contributed by atoms with E-state index in [1.807, 2.05) is 0 Å². The molecule has 0 heterocycles. The Bertz CT molecular complexity index is 620. The Labute approximate surface area is 128 Å². The summed E-state index contributed by atoms with van der Waals surface area (Å²) in [5, 5.41) is 22.7. The summed E-state index contributed by atoms with van der Waals surface area (Å²) < 4.78 is 0.